The van der Waals surface area contributed by atoms with Crippen LogP contribution in [0, 0.1) is 0 Å². The van der Waals surface area contributed by atoms with E-state index in [1.54, 1.807) is 48.5 Å². The molecule has 0 bridgehead atoms. The number of piperazine rings is 1. The van der Waals surface area contributed by atoms with Crippen molar-refractivity contribution in [3.63, 3.8) is 0 Å². The molecule has 0 unspecified atom stereocenters. The summed E-state index contributed by atoms with van der Waals surface area (Å²) < 4.78 is 31.2. The molecule has 0 saturated carbocycles. The fourth-order valence-corrected chi connectivity index (χ4v) is 4.09. The Labute approximate surface area is 140 Å². The number of nitrogens with one attached hydrogen (secondary N) is 1. The van der Waals surface area contributed by atoms with E-state index in [4.69, 9.17) is 4.42 Å². The molecule has 1 aromatic heterocycles. The number of fused-ring (bicyclic) bond motifs is 1. The highest BCUT2D eigenvalue weighted by Gasteiger charge is 2.20. The average molecular weight is 343 g/mol. The molecule has 0 spiro atoms. The van der Waals surface area contributed by atoms with Crippen molar-refractivity contribution in [2.24, 2.45) is 0 Å². The Kier molecular flexibility index (Phi) is 3.74. The summed E-state index contributed by atoms with van der Waals surface area (Å²) in [6.07, 6.45) is 0. The Balaban J connectivity index is 1.73. The number of oxazole rings is 1. The topological polar surface area (TPSA) is 75.4 Å². The average Bonchev–Trinajstić information content (AvgIpc) is 3.06. The Bertz CT molecular complexity index is 961. The summed E-state index contributed by atoms with van der Waals surface area (Å²) in [5, 5.41) is 3.27. The molecule has 0 aliphatic carbocycles. The summed E-state index contributed by atoms with van der Waals surface area (Å²) in [4.78, 5) is 7.03. The second-order valence-electron chi connectivity index (χ2n) is 5.68. The predicted octanol–water partition coefficient (Wildman–Crippen LogP) is 2.07. The van der Waals surface area contributed by atoms with E-state index in [0.29, 0.717) is 17.1 Å². The third-order valence-corrected chi connectivity index (χ3v) is 5.87. The Hall–Kier alpha value is -2.38. The monoisotopic (exact) mass is 343 g/mol. The van der Waals surface area contributed by atoms with Crippen molar-refractivity contribution < 1.29 is 12.8 Å². The molecule has 124 valence electrons. The molecule has 0 amide bonds. The van der Waals surface area contributed by atoms with Crippen LogP contribution in [0.5, 0.6) is 0 Å². The Morgan fingerprint density at radius 1 is 1.00 bits per heavy atom. The molecule has 24 heavy (non-hydrogen) atoms. The lowest BCUT2D eigenvalue weighted by molar-refractivity contribution is 0.517. The molecule has 4 rings (SSSR count). The van der Waals surface area contributed by atoms with Gasteiger partial charge in [0.2, 0.25) is 9.84 Å². The van der Waals surface area contributed by atoms with Gasteiger partial charge in [-0.15, -0.1) is 0 Å². The normalized spacial score (nSPS) is 15.8. The molecule has 3 aromatic rings. The molecule has 2 heterocycles. The van der Waals surface area contributed by atoms with Gasteiger partial charge in [-0.3, -0.25) is 0 Å². The molecule has 1 N–H and O–H groups in total. The van der Waals surface area contributed by atoms with E-state index in [1.807, 2.05) is 0 Å². The van der Waals surface area contributed by atoms with Gasteiger partial charge in [0.25, 0.3) is 6.01 Å². The zero-order valence-electron chi connectivity index (χ0n) is 13.0. The van der Waals surface area contributed by atoms with Crippen molar-refractivity contribution in [2.75, 3.05) is 31.1 Å². The van der Waals surface area contributed by atoms with E-state index < -0.39 is 9.84 Å². The molecular formula is C17H17N3O3S. The number of nitrogens with zero attached hydrogens (tertiary/aromatic N) is 2. The van der Waals surface area contributed by atoms with Gasteiger partial charge in [-0.25, -0.2) is 8.42 Å². The van der Waals surface area contributed by atoms with Crippen molar-refractivity contribution in [3.8, 4) is 0 Å². The first kappa shape index (κ1) is 15.2. The van der Waals surface area contributed by atoms with Crippen LogP contribution in [0.15, 0.2) is 62.7 Å². The van der Waals surface area contributed by atoms with Crippen molar-refractivity contribution in [1.82, 2.24) is 10.3 Å². The quantitative estimate of drug-likeness (QED) is 0.785. The number of benzene rings is 2. The van der Waals surface area contributed by atoms with Gasteiger partial charge in [0.15, 0.2) is 5.58 Å². The van der Waals surface area contributed by atoms with Gasteiger partial charge < -0.3 is 14.6 Å². The molecular weight excluding hydrogens is 326 g/mol. The summed E-state index contributed by atoms with van der Waals surface area (Å²) in [7, 11) is -3.55. The van der Waals surface area contributed by atoms with Crippen molar-refractivity contribution in [1.29, 1.82) is 0 Å². The van der Waals surface area contributed by atoms with Crippen LogP contribution in [0.3, 0.4) is 0 Å². The summed E-state index contributed by atoms with van der Waals surface area (Å²) in [6, 6.07) is 13.8. The Morgan fingerprint density at radius 2 is 1.75 bits per heavy atom. The first-order valence-corrected chi connectivity index (χ1v) is 9.29. The Morgan fingerprint density at radius 3 is 2.50 bits per heavy atom. The minimum atomic E-state index is -3.55. The molecule has 7 heteroatoms. The van der Waals surface area contributed by atoms with Gasteiger partial charge in [0.05, 0.1) is 9.79 Å². The highest BCUT2D eigenvalue weighted by molar-refractivity contribution is 7.91. The van der Waals surface area contributed by atoms with Crippen LogP contribution in [0.1, 0.15) is 0 Å². The number of anilines is 1. The molecule has 0 atom stereocenters. The molecule has 1 saturated heterocycles. The number of rotatable bonds is 3. The van der Waals surface area contributed by atoms with E-state index in [-0.39, 0.29) is 9.79 Å². The van der Waals surface area contributed by atoms with Gasteiger partial charge in [-0.1, -0.05) is 18.2 Å². The molecule has 1 aliphatic rings. The van der Waals surface area contributed by atoms with Crippen molar-refractivity contribution in [2.45, 2.75) is 9.79 Å². The van der Waals surface area contributed by atoms with Crippen molar-refractivity contribution in [3.05, 3.63) is 48.5 Å². The third-order valence-electron chi connectivity index (χ3n) is 4.10. The van der Waals surface area contributed by atoms with Crippen molar-refractivity contribution >= 4 is 27.0 Å². The maximum Gasteiger partial charge on any atom is 0.298 e. The van der Waals surface area contributed by atoms with Crippen LogP contribution in [-0.2, 0) is 9.84 Å². The first-order valence-electron chi connectivity index (χ1n) is 7.81. The number of sulfone groups is 1. The zero-order chi connectivity index (χ0) is 16.6. The molecule has 1 aliphatic heterocycles. The lowest BCUT2D eigenvalue weighted by Crippen LogP contribution is -2.43. The second-order valence-corrected chi connectivity index (χ2v) is 7.63. The van der Waals surface area contributed by atoms with Crippen LogP contribution >= 0.6 is 0 Å². The first-order chi connectivity index (χ1) is 11.6. The van der Waals surface area contributed by atoms with Gasteiger partial charge >= 0.3 is 0 Å². The molecule has 0 radical (unpaired) electrons. The second kappa shape index (κ2) is 5.92. The van der Waals surface area contributed by atoms with Gasteiger partial charge in [0.1, 0.15) is 5.52 Å². The van der Waals surface area contributed by atoms with E-state index in [0.717, 1.165) is 26.2 Å². The predicted molar refractivity (Wildman–Crippen MR) is 91.0 cm³/mol. The minimum Gasteiger partial charge on any atom is -0.423 e. The molecule has 2 aromatic carbocycles. The van der Waals surface area contributed by atoms with Gasteiger partial charge in [-0.05, 0) is 30.3 Å². The van der Waals surface area contributed by atoms with Crippen LogP contribution < -0.4 is 10.2 Å². The van der Waals surface area contributed by atoms with E-state index in [2.05, 4.69) is 15.2 Å². The van der Waals surface area contributed by atoms with E-state index in [9.17, 15) is 8.42 Å². The fraction of sp³-hybridized carbons (Fsp3) is 0.235. The van der Waals surface area contributed by atoms with E-state index >= 15 is 0 Å². The van der Waals surface area contributed by atoms with Gasteiger partial charge in [0, 0.05) is 26.2 Å². The lowest BCUT2D eigenvalue weighted by atomic mass is 10.3. The summed E-state index contributed by atoms with van der Waals surface area (Å²) in [5.74, 6) is 0. The number of aromatic nitrogens is 1. The zero-order valence-corrected chi connectivity index (χ0v) is 13.8. The summed E-state index contributed by atoms with van der Waals surface area (Å²) in [6.45, 7) is 3.41. The van der Waals surface area contributed by atoms with Gasteiger partial charge in [-0.2, -0.15) is 4.98 Å². The minimum absolute atomic E-state index is 0.223. The SMILES string of the molecule is O=S(=O)(c1ccccc1)c1ccc2oc(N3CCNCC3)nc2c1. The maximum absolute atomic E-state index is 12.7. The largest absolute Gasteiger partial charge is 0.423 e. The number of hydrogen-bond donors (Lipinski definition) is 1. The fourth-order valence-electron chi connectivity index (χ4n) is 2.79. The highest BCUT2D eigenvalue weighted by atomic mass is 32.2. The lowest BCUT2D eigenvalue weighted by Gasteiger charge is -2.25. The van der Waals surface area contributed by atoms with Crippen LogP contribution in [0.25, 0.3) is 11.1 Å². The molecule has 1 fully saturated rings. The summed E-state index contributed by atoms with van der Waals surface area (Å²) >= 11 is 0. The van der Waals surface area contributed by atoms with E-state index in [1.165, 1.54) is 0 Å². The third kappa shape index (κ3) is 2.65. The summed E-state index contributed by atoms with van der Waals surface area (Å²) in [5.41, 5.74) is 1.15. The maximum atomic E-state index is 12.7. The smallest absolute Gasteiger partial charge is 0.298 e. The standard InChI is InChI=1S/C17H17N3O3S/c21-24(22,13-4-2-1-3-5-13)14-6-7-16-15(12-14)19-17(23-16)20-10-8-18-9-11-20/h1-7,12,18H,8-11H2. The van der Waals surface area contributed by atoms with Crippen LogP contribution in [-0.4, -0.2) is 39.6 Å². The molecule has 6 nitrogen and oxygen atoms in total. The highest BCUT2D eigenvalue weighted by Crippen LogP contribution is 2.27. The van der Waals surface area contributed by atoms with Crippen LogP contribution in [0.4, 0.5) is 6.01 Å². The van der Waals surface area contributed by atoms with Crippen LogP contribution in [0.2, 0.25) is 0 Å². The number of hydrogen-bond acceptors (Lipinski definition) is 6.